The van der Waals surface area contributed by atoms with Gasteiger partial charge < -0.3 is 15.8 Å². The van der Waals surface area contributed by atoms with Crippen molar-refractivity contribution < 1.29 is 62.6 Å². The smallest absolute Gasteiger partial charge is 0.418 e. The number of nitrogen functional groups attached to an aromatic ring is 1. The van der Waals surface area contributed by atoms with Gasteiger partial charge in [-0.1, -0.05) is 35.9 Å². The van der Waals surface area contributed by atoms with Gasteiger partial charge in [0.1, 0.15) is 5.15 Å². The Morgan fingerprint density at radius 2 is 0.984 bits per heavy atom. The second kappa shape index (κ2) is 18.3. The molecule has 0 aliphatic rings. The van der Waals surface area contributed by atoms with E-state index in [9.17, 15) is 71.9 Å². The number of nitrogens with one attached hydrogen (secondary N) is 3. The van der Waals surface area contributed by atoms with E-state index < -0.39 is 92.0 Å². The number of H-pyrrole nitrogens is 3. The maximum absolute atomic E-state index is 12.6. The molecule has 328 valence electrons. The van der Waals surface area contributed by atoms with Gasteiger partial charge in [-0.15, -0.1) is 0 Å². The fourth-order valence-corrected chi connectivity index (χ4v) is 5.72. The second-order valence-electron chi connectivity index (χ2n) is 11.7. The first-order chi connectivity index (χ1) is 28.5. The largest absolute Gasteiger partial charge is 0.478 e. The molecule has 62 heavy (non-hydrogen) atoms. The summed E-state index contributed by atoms with van der Waals surface area (Å²) in [6.45, 7) is 0. The van der Waals surface area contributed by atoms with Crippen LogP contribution in [0.4, 0.5) is 58.4 Å². The quantitative estimate of drug-likeness (QED) is 0.0460. The number of hydrogen-bond donors (Lipinski definition) is 5. The summed E-state index contributed by atoms with van der Waals surface area (Å²) >= 11 is 16.6. The van der Waals surface area contributed by atoms with Gasteiger partial charge >= 0.3 is 36.4 Å². The number of nitrogens with two attached hydrogens (primary N) is 1. The first-order valence-electron chi connectivity index (χ1n) is 16.0. The minimum absolute atomic E-state index is 0.0962. The number of carboxylic acids is 1. The summed E-state index contributed by atoms with van der Waals surface area (Å²) in [6.07, 6.45) is -18.3. The molecule has 0 atom stereocenters. The molecule has 0 spiro atoms. The predicted molar refractivity (Wildman–Crippen MR) is 200 cm³/mol. The molecule has 0 aliphatic heterocycles. The molecule has 7 aromatic rings. The molecule has 0 radical (unpaired) electrons. The number of aromatic carboxylic acids is 1. The van der Waals surface area contributed by atoms with Gasteiger partial charge in [-0.3, -0.25) is 19.6 Å². The van der Waals surface area contributed by atoms with Crippen molar-refractivity contribution in [3.05, 3.63) is 148 Å². The Morgan fingerprint density at radius 1 is 0.548 bits per heavy atom. The number of para-hydroxylation sites is 4. The van der Waals surface area contributed by atoms with E-state index in [2.05, 4.69) is 19.9 Å². The first kappa shape index (κ1) is 48.3. The van der Waals surface area contributed by atoms with E-state index in [0.29, 0.717) is 0 Å². The average Bonchev–Trinajstić information content (AvgIpc) is 3.13. The van der Waals surface area contributed by atoms with Crippen LogP contribution in [0.5, 0.6) is 0 Å². The summed E-state index contributed by atoms with van der Waals surface area (Å²) in [5.41, 5.74) is -3.97. The number of rotatable bonds is 1. The van der Waals surface area contributed by atoms with E-state index in [4.69, 9.17) is 45.6 Å². The predicted octanol–water partition coefficient (Wildman–Crippen LogP) is 9.77. The van der Waals surface area contributed by atoms with Crippen molar-refractivity contribution in [2.24, 2.45) is 0 Å². The lowest BCUT2D eigenvalue weighted by Crippen LogP contribution is -2.23. The van der Waals surface area contributed by atoms with E-state index in [1.807, 2.05) is 9.97 Å². The van der Waals surface area contributed by atoms with Gasteiger partial charge in [0.15, 0.2) is 0 Å². The molecule has 12 nitrogen and oxygen atoms in total. The van der Waals surface area contributed by atoms with Crippen LogP contribution in [-0.4, -0.2) is 41.0 Å². The lowest BCUT2D eigenvalue weighted by Gasteiger charge is -2.10. The number of aromatic amines is 3. The highest BCUT2D eigenvalue weighted by Gasteiger charge is 2.36. The molecule has 0 unspecified atom stereocenters. The van der Waals surface area contributed by atoms with Crippen LogP contribution in [0.1, 0.15) is 32.6 Å². The number of fused-ring (bicyclic) bond motifs is 3. The van der Waals surface area contributed by atoms with Crippen LogP contribution in [0.25, 0.3) is 32.7 Å². The lowest BCUT2D eigenvalue weighted by atomic mass is 10.1. The third-order valence-corrected chi connectivity index (χ3v) is 8.33. The van der Waals surface area contributed by atoms with Crippen LogP contribution in [-0.2, 0) is 24.7 Å². The van der Waals surface area contributed by atoms with Crippen LogP contribution in [0, 0.1) is 0 Å². The summed E-state index contributed by atoms with van der Waals surface area (Å²) in [7, 11) is 0. The molecule has 0 fully saturated rings. The van der Waals surface area contributed by atoms with Crippen LogP contribution >= 0.6 is 34.8 Å². The van der Waals surface area contributed by atoms with Crippen LogP contribution in [0.15, 0.2) is 87.2 Å². The van der Waals surface area contributed by atoms with Crippen LogP contribution in [0.3, 0.4) is 0 Å². The highest BCUT2D eigenvalue weighted by Crippen LogP contribution is 2.37. The molecular formula is C35H18Cl3F12N7O5. The highest BCUT2D eigenvalue weighted by atomic mass is 35.5. The first-order valence-corrected chi connectivity index (χ1v) is 17.1. The molecule has 6 N–H and O–H groups in total. The van der Waals surface area contributed by atoms with Crippen LogP contribution < -0.4 is 22.5 Å². The number of aromatic nitrogens is 6. The van der Waals surface area contributed by atoms with Crippen molar-refractivity contribution in [1.29, 1.82) is 0 Å². The van der Waals surface area contributed by atoms with Crippen molar-refractivity contribution in [2.45, 2.75) is 24.7 Å². The Kier molecular flexibility index (Phi) is 14.2. The molecule has 0 amide bonds. The Balaban J connectivity index is 0.000000182. The minimum atomic E-state index is -4.63. The highest BCUT2D eigenvalue weighted by molar-refractivity contribution is 6.35. The number of anilines is 1. The van der Waals surface area contributed by atoms with E-state index in [-0.39, 0.29) is 37.4 Å². The SMILES string of the molecule is FC(F)(F)c1cccc2c(Cl)nc(Cl)nc12.Nc1c(C(=O)O)cccc1C(F)(F)F.O=c1[nH]c(=O)c2cccc(C(F)(F)F)c2[nH]1.O=c1[nH]c(Cl)nc2c(C(F)(F)F)cccc12. The van der Waals surface area contributed by atoms with E-state index >= 15 is 0 Å². The molecule has 4 aromatic carbocycles. The maximum Gasteiger partial charge on any atom is 0.418 e. The lowest BCUT2D eigenvalue weighted by molar-refractivity contribution is -0.137. The number of alkyl halides is 12. The number of nitrogens with zero attached hydrogens (tertiary/aromatic N) is 3. The number of halogens is 15. The molecule has 3 heterocycles. The van der Waals surface area contributed by atoms with Gasteiger partial charge in [0.2, 0.25) is 10.6 Å². The monoisotopic (exact) mass is 949 g/mol. The molecule has 7 rings (SSSR count). The Hall–Kier alpha value is -6.40. The number of carboxylic acid groups (broad SMARTS) is 1. The fraction of sp³-hybridized carbons (Fsp3) is 0.114. The summed E-state index contributed by atoms with van der Waals surface area (Å²) in [6, 6.07) is 12.7. The van der Waals surface area contributed by atoms with Crippen molar-refractivity contribution in [3.63, 3.8) is 0 Å². The number of hydrogen-bond acceptors (Lipinski definition) is 8. The van der Waals surface area contributed by atoms with E-state index in [1.54, 1.807) is 0 Å². The summed E-state index contributed by atoms with van der Waals surface area (Å²) in [5.74, 6) is -1.48. The Labute approximate surface area is 348 Å². The minimum Gasteiger partial charge on any atom is -0.478 e. The van der Waals surface area contributed by atoms with Crippen LogP contribution in [0.2, 0.25) is 15.7 Å². The van der Waals surface area contributed by atoms with Gasteiger partial charge in [0.25, 0.3) is 11.1 Å². The summed E-state index contributed by atoms with van der Waals surface area (Å²) in [5, 5.41) is 7.52. The third kappa shape index (κ3) is 11.5. The average molecular weight is 951 g/mol. The molecular weight excluding hydrogens is 933 g/mol. The molecule has 0 aliphatic carbocycles. The van der Waals surface area contributed by atoms with Crippen molar-refractivity contribution >= 4 is 79.2 Å². The van der Waals surface area contributed by atoms with Gasteiger partial charge in [-0.05, 0) is 71.7 Å². The topological polar surface area (TPSA) is 201 Å². The molecule has 3 aromatic heterocycles. The normalized spacial score (nSPS) is 11.9. The Morgan fingerprint density at radius 3 is 1.50 bits per heavy atom. The molecule has 0 saturated heterocycles. The molecule has 27 heteroatoms. The maximum atomic E-state index is 12.6. The fourth-order valence-electron chi connectivity index (χ4n) is 5.11. The van der Waals surface area contributed by atoms with E-state index in [1.165, 1.54) is 24.3 Å². The Bertz CT molecular complexity index is 2990. The summed E-state index contributed by atoms with van der Waals surface area (Å²) < 4.78 is 150. The van der Waals surface area contributed by atoms with Crippen molar-refractivity contribution in [3.8, 4) is 0 Å². The number of benzene rings is 4. The van der Waals surface area contributed by atoms with E-state index in [0.717, 1.165) is 48.5 Å². The zero-order valence-corrected chi connectivity index (χ0v) is 31.9. The van der Waals surface area contributed by atoms with Crippen molar-refractivity contribution in [1.82, 2.24) is 29.9 Å². The van der Waals surface area contributed by atoms with Crippen molar-refractivity contribution in [2.75, 3.05) is 5.73 Å². The van der Waals surface area contributed by atoms with Gasteiger partial charge in [0, 0.05) is 5.39 Å². The molecule has 0 bridgehead atoms. The second-order valence-corrected chi connectivity index (χ2v) is 12.8. The standard InChI is InChI=1S/C9H3Cl2F3N2.C9H4ClF3N2O.C9H5F3N2O2.C8H6F3NO2/c10-7-4-2-1-3-5(9(12,13)14)6(4)15-8(11)16-7;10-8-14-6-4(7(16)15-8)2-1-3-5(6)9(11,12)13;10-9(11,12)5-3-1-2-4-6(5)13-8(16)14-7(4)15;9-8(10,11)5-3-1-2-4(6(5)12)7(13)14/h1-3H;1-3H,(H,14,15,16);1-3H,(H2,13,14,15,16);1-3H,12H2,(H,13,14). The number of carbonyl (C=O) groups is 1. The van der Waals surface area contributed by atoms with Gasteiger partial charge in [-0.25, -0.2) is 24.5 Å². The zero-order chi connectivity index (χ0) is 46.7. The van der Waals surface area contributed by atoms with Gasteiger partial charge in [-0.2, -0.15) is 52.7 Å². The summed E-state index contributed by atoms with van der Waals surface area (Å²) in [4.78, 5) is 60.5. The van der Waals surface area contributed by atoms with Gasteiger partial charge in [0.05, 0.1) is 60.8 Å². The zero-order valence-electron chi connectivity index (χ0n) is 29.6. The molecule has 0 saturated carbocycles. The third-order valence-electron chi connectivity index (χ3n) is 7.69.